The molecule has 110 valence electrons. The Bertz CT molecular complexity index is 638. The van der Waals surface area contributed by atoms with Crippen molar-refractivity contribution < 1.29 is 9.21 Å². The van der Waals surface area contributed by atoms with Crippen LogP contribution in [0.4, 0.5) is 5.69 Å². The molecule has 0 fully saturated rings. The van der Waals surface area contributed by atoms with Crippen LogP contribution in [0.25, 0.3) is 11.5 Å². The van der Waals surface area contributed by atoms with Gasteiger partial charge in [-0.05, 0) is 25.0 Å². The van der Waals surface area contributed by atoms with E-state index in [9.17, 15) is 4.79 Å². The van der Waals surface area contributed by atoms with Gasteiger partial charge in [0.15, 0.2) is 0 Å². The second-order valence-corrected chi connectivity index (χ2v) is 5.25. The summed E-state index contributed by atoms with van der Waals surface area (Å²) >= 11 is 0. The monoisotopic (exact) mass is 286 g/mol. The zero-order chi connectivity index (χ0) is 14.7. The van der Waals surface area contributed by atoms with E-state index in [4.69, 9.17) is 10.2 Å². The summed E-state index contributed by atoms with van der Waals surface area (Å²) in [5.74, 6) is 0.840. The van der Waals surface area contributed by atoms with Crippen LogP contribution in [0.2, 0.25) is 0 Å². The van der Waals surface area contributed by atoms with Crippen LogP contribution in [-0.2, 0) is 4.79 Å². The van der Waals surface area contributed by atoms with Crippen LogP contribution < -0.4 is 11.1 Å². The lowest BCUT2D eigenvalue weighted by Gasteiger charge is -2.08. The van der Waals surface area contributed by atoms with Crippen molar-refractivity contribution in [2.24, 2.45) is 5.73 Å². The number of nitrogens with one attached hydrogen (secondary N) is 1. The molecule has 2 bridgehead atoms. The largest absolute Gasteiger partial charge is 0.419 e. The Kier molecular flexibility index (Phi) is 3.96. The molecule has 0 saturated carbocycles. The highest BCUT2D eigenvalue weighted by atomic mass is 16.4. The first kappa shape index (κ1) is 13.8. The molecule has 1 aromatic heterocycles. The molecule has 3 rings (SSSR count). The summed E-state index contributed by atoms with van der Waals surface area (Å²) in [6.07, 6.45) is 4.06. The van der Waals surface area contributed by atoms with Crippen LogP contribution in [-0.4, -0.2) is 16.1 Å². The smallest absolute Gasteiger partial charge is 0.249 e. The number of nitrogens with two attached hydrogens (primary N) is 1. The molecule has 1 aliphatic rings. The Morgan fingerprint density at radius 3 is 2.95 bits per heavy atom. The van der Waals surface area contributed by atoms with Crippen LogP contribution in [0.15, 0.2) is 28.7 Å². The van der Waals surface area contributed by atoms with Crippen LogP contribution in [0.3, 0.4) is 0 Å². The van der Waals surface area contributed by atoms with Gasteiger partial charge in [0, 0.05) is 6.42 Å². The van der Waals surface area contributed by atoms with E-state index in [0.717, 1.165) is 31.2 Å². The Hall–Kier alpha value is -2.21. The van der Waals surface area contributed by atoms with Crippen molar-refractivity contribution in [1.29, 1.82) is 0 Å². The Morgan fingerprint density at radius 2 is 2.05 bits per heavy atom. The number of hydrogen-bond donors (Lipinski definition) is 2. The number of hydrogen-bond acceptors (Lipinski definition) is 5. The molecular formula is C15H18N4O2. The van der Waals surface area contributed by atoms with Crippen molar-refractivity contribution in [1.82, 2.24) is 10.2 Å². The molecule has 1 amide bonds. The minimum atomic E-state index is -0.247. The highest BCUT2D eigenvalue weighted by molar-refractivity contribution is 5.94. The number of benzene rings is 1. The van der Waals surface area contributed by atoms with E-state index in [1.54, 1.807) is 0 Å². The summed E-state index contributed by atoms with van der Waals surface area (Å²) < 4.78 is 5.67. The number of amides is 1. The predicted molar refractivity (Wildman–Crippen MR) is 78.4 cm³/mol. The summed E-state index contributed by atoms with van der Waals surface area (Å²) in [6, 6.07) is 7.16. The van der Waals surface area contributed by atoms with E-state index >= 15 is 0 Å². The first-order valence-electron chi connectivity index (χ1n) is 7.22. The van der Waals surface area contributed by atoms with E-state index in [1.165, 1.54) is 0 Å². The maximum atomic E-state index is 12.0. The van der Waals surface area contributed by atoms with E-state index < -0.39 is 0 Å². The Labute approximate surface area is 122 Å². The fraction of sp³-hybridized carbons (Fsp3) is 0.400. The molecule has 6 heteroatoms. The molecule has 0 aliphatic carbocycles. The molecule has 1 aromatic carbocycles. The van der Waals surface area contributed by atoms with E-state index in [0.29, 0.717) is 23.9 Å². The average molecular weight is 286 g/mol. The standard InChI is InChI=1S/C15H18N4O2/c16-11-7-2-1-3-9-13(20)17-12-8-5-4-6-10(12)14-18-19-15(11)21-14/h4-6,8,11H,1-3,7,9,16H2,(H,17,20)/t11-/m0/s1. The lowest BCUT2D eigenvalue weighted by Crippen LogP contribution is -2.12. The second kappa shape index (κ2) is 6.05. The third-order valence-electron chi connectivity index (χ3n) is 3.61. The van der Waals surface area contributed by atoms with Crippen LogP contribution >= 0.6 is 0 Å². The van der Waals surface area contributed by atoms with Crippen LogP contribution in [0.1, 0.15) is 44.0 Å². The zero-order valence-electron chi connectivity index (χ0n) is 11.7. The Morgan fingerprint density at radius 1 is 1.19 bits per heavy atom. The third kappa shape index (κ3) is 3.11. The van der Waals surface area contributed by atoms with Gasteiger partial charge in [0.05, 0.1) is 17.3 Å². The highest BCUT2D eigenvalue weighted by Gasteiger charge is 2.18. The lowest BCUT2D eigenvalue weighted by atomic mass is 10.1. The number of carbonyl (C=O) groups excluding carboxylic acids is 1. The van der Waals surface area contributed by atoms with Crippen LogP contribution in [0.5, 0.6) is 0 Å². The summed E-state index contributed by atoms with van der Waals surface area (Å²) in [5, 5.41) is 11.0. The van der Waals surface area contributed by atoms with Crippen molar-refractivity contribution in [3.05, 3.63) is 30.2 Å². The molecular weight excluding hydrogens is 268 g/mol. The fourth-order valence-electron chi connectivity index (χ4n) is 2.43. The molecule has 0 spiro atoms. The minimum absolute atomic E-state index is 0.00531. The van der Waals surface area contributed by atoms with Crippen LogP contribution in [0, 0.1) is 0 Å². The van der Waals surface area contributed by atoms with Gasteiger partial charge >= 0.3 is 0 Å². The summed E-state index contributed by atoms with van der Waals surface area (Å²) in [6.45, 7) is 0. The summed E-state index contributed by atoms with van der Waals surface area (Å²) in [7, 11) is 0. The number of para-hydroxylation sites is 1. The van der Waals surface area contributed by atoms with Gasteiger partial charge in [0.25, 0.3) is 0 Å². The van der Waals surface area contributed by atoms with Gasteiger partial charge in [-0.3, -0.25) is 4.79 Å². The van der Waals surface area contributed by atoms with Crippen molar-refractivity contribution in [2.75, 3.05) is 5.32 Å². The van der Waals surface area contributed by atoms with Crippen molar-refractivity contribution in [3.8, 4) is 11.5 Å². The van der Waals surface area contributed by atoms with Gasteiger partial charge in [-0.25, -0.2) is 0 Å². The highest BCUT2D eigenvalue weighted by Crippen LogP contribution is 2.29. The van der Waals surface area contributed by atoms with Gasteiger partial charge in [-0.1, -0.05) is 25.0 Å². The topological polar surface area (TPSA) is 94.0 Å². The molecule has 0 saturated heterocycles. The summed E-state index contributed by atoms with van der Waals surface area (Å²) in [4.78, 5) is 12.0. The minimum Gasteiger partial charge on any atom is -0.419 e. The number of aromatic nitrogens is 2. The maximum absolute atomic E-state index is 12.0. The third-order valence-corrected chi connectivity index (χ3v) is 3.61. The molecule has 2 aromatic rings. The van der Waals surface area contributed by atoms with E-state index in [1.807, 2.05) is 24.3 Å². The number of nitrogens with zero attached hydrogens (tertiary/aromatic N) is 2. The SMILES string of the molecule is N[C@H]1CCCCCC(=O)Nc2ccccc2-c2nnc1o2. The number of anilines is 1. The normalized spacial score (nSPS) is 19.7. The number of rotatable bonds is 0. The Balaban J connectivity index is 1.99. The first-order chi connectivity index (χ1) is 10.2. The van der Waals surface area contributed by atoms with Gasteiger partial charge in [-0.15, -0.1) is 10.2 Å². The molecule has 0 radical (unpaired) electrons. The van der Waals surface area contributed by atoms with E-state index in [-0.39, 0.29) is 11.9 Å². The summed E-state index contributed by atoms with van der Waals surface area (Å²) in [5.41, 5.74) is 7.48. The van der Waals surface area contributed by atoms with Gasteiger partial charge in [0.2, 0.25) is 17.7 Å². The van der Waals surface area contributed by atoms with Gasteiger partial charge in [0.1, 0.15) is 0 Å². The number of carbonyl (C=O) groups is 1. The molecule has 21 heavy (non-hydrogen) atoms. The molecule has 3 N–H and O–H groups in total. The molecule has 2 heterocycles. The van der Waals surface area contributed by atoms with Crippen molar-refractivity contribution in [3.63, 3.8) is 0 Å². The van der Waals surface area contributed by atoms with Gasteiger partial charge in [-0.2, -0.15) is 0 Å². The first-order valence-corrected chi connectivity index (χ1v) is 7.22. The zero-order valence-corrected chi connectivity index (χ0v) is 11.7. The molecule has 6 nitrogen and oxygen atoms in total. The fourth-order valence-corrected chi connectivity index (χ4v) is 2.43. The van der Waals surface area contributed by atoms with Crippen molar-refractivity contribution in [2.45, 2.75) is 38.1 Å². The van der Waals surface area contributed by atoms with E-state index in [2.05, 4.69) is 15.5 Å². The maximum Gasteiger partial charge on any atom is 0.249 e. The molecule has 0 unspecified atom stereocenters. The molecule has 1 atom stereocenters. The van der Waals surface area contributed by atoms with Crippen molar-refractivity contribution >= 4 is 11.6 Å². The quantitative estimate of drug-likeness (QED) is 0.776. The van der Waals surface area contributed by atoms with Gasteiger partial charge < -0.3 is 15.5 Å². The number of fused-ring (bicyclic) bond motifs is 4. The predicted octanol–water partition coefficient (Wildman–Crippen LogP) is 2.64. The molecule has 1 aliphatic heterocycles. The average Bonchev–Trinajstić information content (AvgIpc) is 2.96. The lowest BCUT2D eigenvalue weighted by molar-refractivity contribution is -0.116. The second-order valence-electron chi connectivity index (χ2n) is 5.25.